The molecule has 1 aromatic carbocycles. The quantitative estimate of drug-likeness (QED) is 0.872. The monoisotopic (exact) mass is 237 g/mol. The second-order valence-corrected chi connectivity index (χ2v) is 5.02. The summed E-state index contributed by atoms with van der Waals surface area (Å²) in [6.45, 7) is 6.40. The second-order valence-electron chi connectivity index (χ2n) is 5.02. The summed E-state index contributed by atoms with van der Waals surface area (Å²) in [5.74, 6) is 1.56. The summed E-state index contributed by atoms with van der Waals surface area (Å²) in [7, 11) is 1.97. The molecule has 0 aliphatic carbocycles. The van der Waals surface area contributed by atoms with Gasteiger partial charge in [-0.1, -0.05) is 0 Å². The van der Waals surface area contributed by atoms with Crippen molar-refractivity contribution in [3.63, 3.8) is 0 Å². The van der Waals surface area contributed by atoms with Gasteiger partial charge in [0.2, 0.25) is 6.79 Å². The fourth-order valence-electron chi connectivity index (χ4n) is 1.83. The topological polar surface area (TPSA) is 41.9 Å². The Bertz CT molecular complexity index is 429. The lowest BCUT2D eigenvalue weighted by Crippen LogP contribution is -2.44. The molecule has 4 nitrogen and oxygen atoms in total. The van der Waals surface area contributed by atoms with Gasteiger partial charge >= 0.3 is 0 Å². The van der Waals surface area contributed by atoms with E-state index in [0.717, 1.165) is 22.7 Å². The molecule has 1 N–H and O–H groups in total. The molecular weight excluding hydrogens is 218 g/mol. The van der Waals surface area contributed by atoms with Crippen LogP contribution < -0.4 is 14.4 Å². The molecule has 1 aromatic rings. The van der Waals surface area contributed by atoms with Gasteiger partial charge in [0.05, 0.1) is 12.1 Å². The zero-order valence-electron chi connectivity index (χ0n) is 10.8. The molecule has 4 heteroatoms. The number of rotatable bonds is 3. The van der Waals surface area contributed by atoms with E-state index in [2.05, 4.69) is 4.90 Å². The van der Waals surface area contributed by atoms with Crippen LogP contribution in [0.2, 0.25) is 0 Å². The Labute approximate surface area is 102 Å². The maximum Gasteiger partial charge on any atom is 0.231 e. The Morgan fingerprint density at radius 2 is 1.88 bits per heavy atom. The Balaban J connectivity index is 2.39. The Morgan fingerprint density at radius 1 is 1.29 bits per heavy atom. The van der Waals surface area contributed by atoms with E-state index in [1.807, 2.05) is 40.0 Å². The average molecular weight is 237 g/mol. The summed E-state index contributed by atoms with van der Waals surface area (Å²) in [4.78, 5) is 2.06. The van der Waals surface area contributed by atoms with Crippen molar-refractivity contribution in [1.82, 2.24) is 0 Å². The van der Waals surface area contributed by atoms with Crippen LogP contribution in [0.3, 0.4) is 0 Å². The van der Waals surface area contributed by atoms with Crippen LogP contribution in [0.25, 0.3) is 0 Å². The maximum atomic E-state index is 9.41. The molecule has 17 heavy (non-hydrogen) atoms. The molecule has 0 fully saturated rings. The van der Waals surface area contributed by atoms with E-state index < -0.39 is 0 Å². The molecule has 1 aliphatic heterocycles. The van der Waals surface area contributed by atoms with Crippen molar-refractivity contribution in [2.45, 2.75) is 26.3 Å². The lowest BCUT2D eigenvalue weighted by atomic mass is 10.0. The van der Waals surface area contributed by atoms with Gasteiger partial charge in [0.1, 0.15) is 0 Å². The molecule has 0 amide bonds. The Morgan fingerprint density at radius 3 is 2.47 bits per heavy atom. The lowest BCUT2D eigenvalue weighted by molar-refractivity contribution is 0.174. The smallest absolute Gasteiger partial charge is 0.231 e. The second kappa shape index (κ2) is 4.11. The van der Waals surface area contributed by atoms with E-state index in [0.29, 0.717) is 0 Å². The zero-order chi connectivity index (χ0) is 12.6. The Kier molecular flexibility index (Phi) is 2.91. The van der Waals surface area contributed by atoms with Gasteiger partial charge in [-0.3, -0.25) is 0 Å². The fraction of sp³-hybridized carbons (Fsp3) is 0.538. The number of aliphatic hydroxyl groups excluding tert-OH is 1. The normalized spacial score (nSPS) is 13.9. The third-order valence-corrected chi connectivity index (χ3v) is 3.35. The van der Waals surface area contributed by atoms with E-state index in [9.17, 15) is 5.11 Å². The molecule has 0 saturated carbocycles. The number of benzene rings is 1. The van der Waals surface area contributed by atoms with Crippen LogP contribution in [0.4, 0.5) is 5.69 Å². The first-order chi connectivity index (χ1) is 7.95. The first-order valence-corrected chi connectivity index (χ1v) is 5.70. The van der Waals surface area contributed by atoms with E-state index in [1.54, 1.807) is 0 Å². The van der Waals surface area contributed by atoms with Gasteiger partial charge in [-0.25, -0.2) is 0 Å². The highest BCUT2D eigenvalue weighted by Crippen LogP contribution is 2.39. The number of ether oxygens (including phenoxy) is 2. The third-order valence-electron chi connectivity index (χ3n) is 3.35. The summed E-state index contributed by atoms with van der Waals surface area (Å²) in [5, 5.41) is 9.41. The van der Waals surface area contributed by atoms with E-state index in [1.165, 1.54) is 0 Å². The van der Waals surface area contributed by atoms with Crippen LogP contribution >= 0.6 is 0 Å². The van der Waals surface area contributed by atoms with Gasteiger partial charge in [-0.05, 0) is 32.4 Å². The highest BCUT2D eigenvalue weighted by molar-refractivity contribution is 5.63. The predicted molar refractivity (Wildman–Crippen MR) is 66.9 cm³/mol. The van der Waals surface area contributed by atoms with Crippen LogP contribution in [0, 0.1) is 6.92 Å². The van der Waals surface area contributed by atoms with E-state index in [-0.39, 0.29) is 18.9 Å². The molecule has 1 heterocycles. The molecule has 0 atom stereocenters. The predicted octanol–water partition coefficient (Wildman–Crippen LogP) is 1.93. The first-order valence-electron chi connectivity index (χ1n) is 5.70. The molecule has 0 spiro atoms. The highest BCUT2D eigenvalue weighted by atomic mass is 16.7. The number of nitrogens with zero attached hydrogens (tertiary/aromatic N) is 1. The van der Waals surface area contributed by atoms with Crippen molar-refractivity contribution in [3.05, 3.63) is 17.7 Å². The minimum atomic E-state index is -0.307. The van der Waals surface area contributed by atoms with Gasteiger partial charge in [0, 0.05) is 18.8 Å². The number of hydrogen-bond acceptors (Lipinski definition) is 4. The standard InChI is InChI=1S/C13H19NO3/c1-9-5-11-12(17-8-16-11)6-10(9)14(4)13(2,3)7-15/h5-6,15H,7-8H2,1-4H3. The maximum absolute atomic E-state index is 9.41. The molecule has 0 bridgehead atoms. The molecule has 0 unspecified atom stereocenters. The van der Waals surface area contributed by atoms with Gasteiger partial charge in [0.25, 0.3) is 0 Å². The summed E-state index contributed by atoms with van der Waals surface area (Å²) in [6, 6.07) is 3.94. The van der Waals surface area contributed by atoms with Gasteiger partial charge < -0.3 is 19.5 Å². The summed E-state index contributed by atoms with van der Waals surface area (Å²) in [6.07, 6.45) is 0. The minimum absolute atomic E-state index is 0.0946. The highest BCUT2D eigenvalue weighted by Gasteiger charge is 2.26. The number of aryl methyl sites for hydroxylation is 1. The van der Waals surface area contributed by atoms with Gasteiger partial charge in [-0.15, -0.1) is 0 Å². The first kappa shape index (κ1) is 12.0. The SMILES string of the molecule is Cc1cc2c(cc1N(C)C(C)(C)CO)OCO2. The van der Waals surface area contributed by atoms with Crippen LogP contribution in [0.1, 0.15) is 19.4 Å². The van der Waals surface area contributed by atoms with Crippen LogP contribution in [-0.2, 0) is 0 Å². The lowest BCUT2D eigenvalue weighted by Gasteiger charge is -2.36. The van der Waals surface area contributed by atoms with Gasteiger partial charge in [-0.2, -0.15) is 0 Å². The molecule has 1 aliphatic rings. The number of aliphatic hydroxyl groups is 1. The van der Waals surface area contributed by atoms with Gasteiger partial charge in [0.15, 0.2) is 11.5 Å². The van der Waals surface area contributed by atoms with Crippen LogP contribution in [-0.4, -0.2) is 31.1 Å². The van der Waals surface area contributed by atoms with Crippen molar-refractivity contribution in [3.8, 4) is 11.5 Å². The number of anilines is 1. The largest absolute Gasteiger partial charge is 0.454 e. The number of fused-ring (bicyclic) bond motifs is 1. The number of hydrogen-bond donors (Lipinski definition) is 1. The number of likely N-dealkylation sites (N-methyl/N-ethyl adjacent to an activating group) is 1. The zero-order valence-corrected chi connectivity index (χ0v) is 10.8. The van der Waals surface area contributed by atoms with Crippen molar-refractivity contribution in [1.29, 1.82) is 0 Å². The fourth-order valence-corrected chi connectivity index (χ4v) is 1.83. The molecule has 0 aromatic heterocycles. The minimum Gasteiger partial charge on any atom is -0.454 e. The van der Waals surface area contributed by atoms with E-state index in [4.69, 9.17) is 9.47 Å². The summed E-state index contributed by atoms with van der Waals surface area (Å²) < 4.78 is 10.7. The average Bonchev–Trinajstić information content (AvgIpc) is 2.73. The molecule has 2 rings (SSSR count). The molecule has 94 valence electrons. The van der Waals surface area contributed by atoms with Crippen LogP contribution in [0.5, 0.6) is 11.5 Å². The third kappa shape index (κ3) is 2.05. The summed E-state index contributed by atoms with van der Waals surface area (Å²) >= 11 is 0. The summed E-state index contributed by atoms with van der Waals surface area (Å²) in [5.41, 5.74) is 1.85. The van der Waals surface area contributed by atoms with Crippen molar-refractivity contribution in [2.75, 3.05) is 25.3 Å². The molecule has 0 saturated heterocycles. The van der Waals surface area contributed by atoms with Crippen LogP contribution in [0.15, 0.2) is 12.1 Å². The Hall–Kier alpha value is -1.42. The van der Waals surface area contributed by atoms with Crippen molar-refractivity contribution >= 4 is 5.69 Å². The molecular formula is C13H19NO3. The van der Waals surface area contributed by atoms with Crippen molar-refractivity contribution < 1.29 is 14.6 Å². The van der Waals surface area contributed by atoms with E-state index >= 15 is 0 Å². The van der Waals surface area contributed by atoms with Crippen molar-refractivity contribution in [2.24, 2.45) is 0 Å². The molecule has 0 radical (unpaired) electrons.